The summed E-state index contributed by atoms with van der Waals surface area (Å²) in [5.74, 6) is 3.80. The topological polar surface area (TPSA) is 50.9 Å². The van der Waals surface area contributed by atoms with Gasteiger partial charge in [-0.2, -0.15) is 13.2 Å². The van der Waals surface area contributed by atoms with Crippen LogP contribution in [-0.2, 0) is 6.42 Å². The van der Waals surface area contributed by atoms with Crippen LogP contribution in [0.15, 0.2) is 24.5 Å². The van der Waals surface area contributed by atoms with Crippen molar-refractivity contribution in [2.45, 2.75) is 44.3 Å². The van der Waals surface area contributed by atoms with E-state index in [0.717, 1.165) is 12.0 Å². The summed E-state index contributed by atoms with van der Waals surface area (Å²) in [6, 6.07) is 3.28. The first kappa shape index (κ1) is 15.3. The van der Waals surface area contributed by atoms with Crippen molar-refractivity contribution in [1.29, 1.82) is 0 Å². The second-order valence-electron chi connectivity index (χ2n) is 5.43. The van der Waals surface area contributed by atoms with Gasteiger partial charge in [0.15, 0.2) is 0 Å². The molecule has 0 spiro atoms. The SMILES string of the molecule is NNC(Cc1cccnc1)C1CCCCC1C(F)(F)F. The van der Waals surface area contributed by atoms with E-state index in [9.17, 15) is 13.2 Å². The molecule has 20 heavy (non-hydrogen) atoms. The number of nitrogens with one attached hydrogen (secondary N) is 1. The molecule has 0 amide bonds. The lowest BCUT2D eigenvalue weighted by atomic mass is 9.73. The lowest BCUT2D eigenvalue weighted by Crippen LogP contribution is -2.49. The predicted molar refractivity (Wildman–Crippen MR) is 70.6 cm³/mol. The molecule has 0 aliphatic heterocycles. The molecule has 112 valence electrons. The van der Waals surface area contributed by atoms with E-state index in [2.05, 4.69) is 10.4 Å². The highest BCUT2D eigenvalue weighted by Crippen LogP contribution is 2.43. The molecule has 3 nitrogen and oxygen atoms in total. The third kappa shape index (κ3) is 3.70. The molecule has 1 aliphatic carbocycles. The minimum absolute atomic E-state index is 0.208. The molecule has 2 rings (SSSR count). The average molecular weight is 287 g/mol. The van der Waals surface area contributed by atoms with Crippen molar-refractivity contribution in [1.82, 2.24) is 10.4 Å². The maximum Gasteiger partial charge on any atom is 0.392 e. The van der Waals surface area contributed by atoms with Crippen LogP contribution in [0.4, 0.5) is 13.2 Å². The second-order valence-corrected chi connectivity index (χ2v) is 5.43. The third-order valence-electron chi connectivity index (χ3n) is 4.15. The Morgan fingerprint density at radius 3 is 2.70 bits per heavy atom. The van der Waals surface area contributed by atoms with Gasteiger partial charge in [0.1, 0.15) is 0 Å². The highest BCUT2D eigenvalue weighted by molar-refractivity contribution is 5.11. The zero-order valence-electron chi connectivity index (χ0n) is 11.2. The minimum atomic E-state index is -4.14. The number of alkyl halides is 3. The molecular formula is C14H20F3N3. The molecule has 1 fully saturated rings. The molecule has 0 bridgehead atoms. The van der Waals surface area contributed by atoms with Crippen molar-refractivity contribution < 1.29 is 13.2 Å². The Hall–Kier alpha value is -1.14. The smallest absolute Gasteiger partial charge is 0.271 e. The van der Waals surface area contributed by atoms with E-state index in [1.165, 1.54) is 0 Å². The largest absolute Gasteiger partial charge is 0.392 e. The number of hydrogen-bond donors (Lipinski definition) is 2. The summed E-state index contributed by atoms with van der Waals surface area (Å²) in [5, 5.41) is 0. The van der Waals surface area contributed by atoms with Gasteiger partial charge in [0.05, 0.1) is 5.92 Å². The first-order valence-electron chi connectivity index (χ1n) is 6.94. The van der Waals surface area contributed by atoms with Crippen molar-refractivity contribution in [3.05, 3.63) is 30.1 Å². The van der Waals surface area contributed by atoms with Crippen LogP contribution in [0.25, 0.3) is 0 Å². The molecule has 1 aromatic rings. The molecule has 3 N–H and O–H groups in total. The number of nitrogens with zero attached hydrogens (tertiary/aromatic N) is 1. The summed E-state index contributed by atoms with van der Waals surface area (Å²) in [7, 11) is 0. The van der Waals surface area contributed by atoms with Gasteiger partial charge in [-0.15, -0.1) is 0 Å². The van der Waals surface area contributed by atoms with Gasteiger partial charge in [0.2, 0.25) is 0 Å². The highest BCUT2D eigenvalue weighted by atomic mass is 19.4. The van der Waals surface area contributed by atoms with E-state index >= 15 is 0 Å². The molecule has 6 heteroatoms. The second kappa shape index (κ2) is 6.54. The number of hydrogen-bond acceptors (Lipinski definition) is 3. The summed E-state index contributed by atoms with van der Waals surface area (Å²) in [6.45, 7) is 0. The molecule has 1 saturated carbocycles. The van der Waals surface area contributed by atoms with Gasteiger partial charge >= 0.3 is 6.18 Å². The van der Waals surface area contributed by atoms with Crippen molar-refractivity contribution >= 4 is 0 Å². The fourth-order valence-corrected chi connectivity index (χ4v) is 3.15. The van der Waals surface area contributed by atoms with Crippen LogP contribution in [0.2, 0.25) is 0 Å². The van der Waals surface area contributed by atoms with Crippen LogP contribution >= 0.6 is 0 Å². The zero-order chi connectivity index (χ0) is 14.6. The Morgan fingerprint density at radius 1 is 1.35 bits per heavy atom. The van der Waals surface area contributed by atoms with Crippen LogP contribution < -0.4 is 11.3 Å². The van der Waals surface area contributed by atoms with E-state index in [1.807, 2.05) is 6.07 Å². The van der Waals surface area contributed by atoms with Gasteiger partial charge in [-0.1, -0.05) is 18.9 Å². The van der Waals surface area contributed by atoms with Crippen LogP contribution in [-0.4, -0.2) is 17.2 Å². The average Bonchev–Trinajstić information content (AvgIpc) is 2.45. The first-order valence-corrected chi connectivity index (χ1v) is 6.94. The predicted octanol–water partition coefficient (Wildman–Crippen LogP) is 2.82. The van der Waals surface area contributed by atoms with Gasteiger partial charge in [-0.3, -0.25) is 16.3 Å². The quantitative estimate of drug-likeness (QED) is 0.661. The number of rotatable bonds is 4. The van der Waals surface area contributed by atoms with E-state index in [4.69, 9.17) is 5.84 Å². The molecule has 0 saturated heterocycles. The van der Waals surface area contributed by atoms with Gasteiger partial charge in [-0.25, -0.2) is 0 Å². The van der Waals surface area contributed by atoms with Crippen LogP contribution in [0.1, 0.15) is 31.2 Å². The number of aromatic nitrogens is 1. The molecule has 1 aliphatic rings. The van der Waals surface area contributed by atoms with Crippen molar-refractivity contribution in [3.63, 3.8) is 0 Å². The summed E-state index contributed by atoms with van der Waals surface area (Å²) in [6.07, 6.45) is 1.91. The Balaban J connectivity index is 2.12. The normalized spacial score (nSPS) is 25.4. The number of halogens is 3. The van der Waals surface area contributed by atoms with Gasteiger partial charge in [0, 0.05) is 18.4 Å². The van der Waals surface area contributed by atoms with Crippen LogP contribution in [0.3, 0.4) is 0 Å². The number of hydrazine groups is 1. The van der Waals surface area contributed by atoms with E-state index in [1.54, 1.807) is 18.5 Å². The Bertz CT molecular complexity index is 408. The van der Waals surface area contributed by atoms with Gasteiger partial charge in [-0.05, 0) is 36.8 Å². The van der Waals surface area contributed by atoms with E-state index in [-0.39, 0.29) is 12.5 Å². The van der Waals surface area contributed by atoms with Crippen LogP contribution in [0.5, 0.6) is 0 Å². The van der Waals surface area contributed by atoms with Gasteiger partial charge < -0.3 is 0 Å². The Labute approximate surface area is 116 Å². The maximum absolute atomic E-state index is 13.1. The lowest BCUT2D eigenvalue weighted by molar-refractivity contribution is -0.199. The molecule has 0 aromatic carbocycles. The maximum atomic E-state index is 13.1. The van der Waals surface area contributed by atoms with Crippen LogP contribution in [0, 0.1) is 11.8 Å². The lowest BCUT2D eigenvalue weighted by Gasteiger charge is -2.37. The van der Waals surface area contributed by atoms with Crippen molar-refractivity contribution in [2.24, 2.45) is 17.7 Å². The van der Waals surface area contributed by atoms with Gasteiger partial charge in [0.25, 0.3) is 0 Å². The van der Waals surface area contributed by atoms with E-state index < -0.39 is 18.0 Å². The van der Waals surface area contributed by atoms with Crippen molar-refractivity contribution in [2.75, 3.05) is 0 Å². The summed E-state index contributed by atoms with van der Waals surface area (Å²) >= 11 is 0. The van der Waals surface area contributed by atoms with E-state index in [0.29, 0.717) is 19.3 Å². The fraction of sp³-hybridized carbons (Fsp3) is 0.643. The summed E-state index contributed by atoms with van der Waals surface area (Å²) < 4.78 is 39.4. The molecular weight excluding hydrogens is 267 g/mol. The zero-order valence-corrected chi connectivity index (χ0v) is 11.2. The molecule has 1 aromatic heterocycles. The molecule has 1 heterocycles. The molecule has 3 atom stereocenters. The third-order valence-corrected chi connectivity index (χ3v) is 4.15. The summed E-state index contributed by atoms with van der Waals surface area (Å²) in [4.78, 5) is 3.99. The Morgan fingerprint density at radius 2 is 2.10 bits per heavy atom. The number of pyridine rings is 1. The number of nitrogens with two attached hydrogens (primary N) is 1. The molecule has 3 unspecified atom stereocenters. The van der Waals surface area contributed by atoms with Crippen molar-refractivity contribution in [3.8, 4) is 0 Å². The standard InChI is InChI=1S/C14H20F3N3/c15-14(16,17)12-6-2-1-5-11(12)13(20-18)8-10-4-3-7-19-9-10/h3-4,7,9,11-13,20H,1-2,5-6,8,18H2. The Kier molecular flexibility index (Phi) is 4.99. The minimum Gasteiger partial charge on any atom is -0.271 e. The highest BCUT2D eigenvalue weighted by Gasteiger charge is 2.47. The monoisotopic (exact) mass is 287 g/mol. The summed E-state index contributed by atoms with van der Waals surface area (Å²) in [5.41, 5.74) is 3.50. The first-order chi connectivity index (χ1) is 9.52. The molecule has 0 radical (unpaired) electrons. The fourth-order valence-electron chi connectivity index (χ4n) is 3.15.